The lowest BCUT2D eigenvalue weighted by Gasteiger charge is -2.31. The first-order chi connectivity index (χ1) is 12.3. The highest BCUT2D eigenvalue weighted by Gasteiger charge is 2.34. The van der Waals surface area contributed by atoms with E-state index >= 15 is 0 Å². The fraction of sp³-hybridized carbons (Fsp3) is 0.286. The molecule has 2 aromatic carbocycles. The van der Waals surface area contributed by atoms with Crippen LogP contribution in [-0.4, -0.2) is 18.5 Å². The Bertz CT molecular complexity index is 873. The summed E-state index contributed by atoms with van der Waals surface area (Å²) in [4.78, 5) is 11.0. The number of nitrogens with one attached hydrogen (secondary N) is 2. The molecule has 25 heavy (non-hydrogen) atoms. The Hall–Kier alpha value is -2.59. The van der Waals surface area contributed by atoms with Crippen molar-refractivity contribution in [3.63, 3.8) is 0 Å². The molecule has 1 amide bonds. The quantitative estimate of drug-likeness (QED) is 0.695. The third-order valence-electron chi connectivity index (χ3n) is 5.54. The number of carbonyl (C=O) groups excluding carboxylic acids is 1. The standard InChI is InChI=1S/C21H20N2O2/c24-12-22-18-6-3-5-17-20(13-10-14-8-9-15(11-13)23-14)16-4-1-2-7-19(16)25-21(17)18/h1-7,12,14-15,23H,8-11H2,(H,22,24). The van der Waals surface area contributed by atoms with Crippen molar-refractivity contribution in [2.75, 3.05) is 5.32 Å². The first-order valence-corrected chi connectivity index (χ1v) is 8.92. The zero-order valence-corrected chi connectivity index (χ0v) is 13.9. The molecule has 2 unspecified atom stereocenters. The summed E-state index contributed by atoms with van der Waals surface area (Å²) in [6.45, 7) is 0. The molecule has 0 radical (unpaired) electrons. The van der Waals surface area contributed by atoms with Gasteiger partial charge >= 0.3 is 0 Å². The zero-order valence-electron chi connectivity index (χ0n) is 13.9. The minimum absolute atomic E-state index is 0.594. The van der Waals surface area contributed by atoms with Crippen LogP contribution in [0.1, 0.15) is 36.8 Å². The Balaban J connectivity index is 1.73. The topological polar surface area (TPSA) is 50.4 Å². The summed E-state index contributed by atoms with van der Waals surface area (Å²) in [5.41, 5.74) is 5.77. The molecule has 126 valence electrons. The molecule has 2 N–H and O–H groups in total. The molecule has 2 saturated heterocycles. The lowest BCUT2D eigenvalue weighted by atomic mass is 9.84. The monoisotopic (exact) mass is 332 g/mol. The van der Waals surface area contributed by atoms with E-state index in [0.717, 1.165) is 41.2 Å². The molecule has 3 aliphatic heterocycles. The Morgan fingerprint density at radius 3 is 2.56 bits per heavy atom. The Morgan fingerprint density at radius 2 is 1.76 bits per heavy atom. The van der Waals surface area contributed by atoms with Gasteiger partial charge in [0.15, 0.2) is 5.75 Å². The van der Waals surface area contributed by atoms with Gasteiger partial charge in [0.05, 0.1) is 5.69 Å². The van der Waals surface area contributed by atoms with Crippen LogP contribution >= 0.6 is 0 Å². The molecule has 0 aromatic heterocycles. The van der Waals surface area contributed by atoms with Crippen LogP contribution in [0, 0.1) is 0 Å². The molecule has 2 atom stereocenters. The molecular formula is C21H20N2O2. The number of para-hydroxylation sites is 2. The summed E-state index contributed by atoms with van der Waals surface area (Å²) in [6, 6.07) is 15.4. The number of hydrogen-bond donors (Lipinski definition) is 2. The fourth-order valence-corrected chi connectivity index (χ4v) is 4.53. The van der Waals surface area contributed by atoms with Gasteiger partial charge in [-0.15, -0.1) is 0 Å². The minimum Gasteiger partial charge on any atom is -0.454 e. The van der Waals surface area contributed by atoms with E-state index in [-0.39, 0.29) is 0 Å². The highest BCUT2D eigenvalue weighted by Crippen LogP contribution is 2.50. The van der Waals surface area contributed by atoms with E-state index in [1.807, 2.05) is 24.3 Å². The van der Waals surface area contributed by atoms with E-state index in [9.17, 15) is 4.79 Å². The molecule has 3 heterocycles. The second-order valence-electron chi connectivity index (χ2n) is 7.07. The van der Waals surface area contributed by atoms with E-state index < -0.39 is 0 Å². The Labute approximate surface area is 146 Å². The second-order valence-corrected chi connectivity index (χ2v) is 7.07. The van der Waals surface area contributed by atoms with Crippen molar-refractivity contribution in [3.8, 4) is 11.5 Å². The van der Waals surface area contributed by atoms with Gasteiger partial charge in [-0.2, -0.15) is 0 Å². The van der Waals surface area contributed by atoms with Crippen LogP contribution < -0.4 is 15.4 Å². The lowest BCUT2D eigenvalue weighted by molar-refractivity contribution is -0.105. The molecule has 2 bridgehead atoms. The van der Waals surface area contributed by atoms with Crippen LogP contribution in [0.3, 0.4) is 0 Å². The van der Waals surface area contributed by atoms with Crippen molar-refractivity contribution >= 4 is 17.7 Å². The fourth-order valence-electron chi connectivity index (χ4n) is 4.53. The summed E-state index contributed by atoms with van der Waals surface area (Å²) < 4.78 is 6.18. The van der Waals surface area contributed by atoms with Gasteiger partial charge in [-0.05, 0) is 43.4 Å². The molecule has 4 nitrogen and oxygen atoms in total. The SMILES string of the molecule is O=CNc1cccc2c1Oc1ccccc1C2=C1CC2CCC(C1)N2. The first-order valence-electron chi connectivity index (χ1n) is 8.92. The zero-order chi connectivity index (χ0) is 16.8. The van der Waals surface area contributed by atoms with Crippen LogP contribution in [0.25, 0.3) is 5.57 Å². The van der Waals surface area contributed by atoms with Gasteiger partial charge in [0.25, 0.3) is 0 Å². The van der Waals surface area contributed by atoms with Crippen molar-refractivity contribution in [2.45, 2.75) is 37.8 Å². The molecule has 4 heteroatoms. The molecule has 3 aliphatic rings. The van der Waals surface area contributed by atoms with Crippen LogP contribution in [0.2, 0.25) is 0 Å². The molecule has 0 spiro atoms. The number of hydrogen-bond acceptors (Lipinski definition) is 3. The van der Waals surface area contributed by atoms with Gasteiger partial charge in [0.2, 0.25) is 6.41 Å². The van der Waals surface area contributed by atoms with E-state index in [0.29, 0.717) is 18.5 Å². The molecule has 2 aromatic rings. The van der Waals surface area contributed by atoms with E-state index in [1.54, 1.807) is 0 Å². The van der Waals surface area contributed by atoms with Gasteiger partial charge < -0.3 is 15.4 Å². The summed E-state index contributed by atoms with van der Waals surface area (Å²) in [5, 5.41) is 6.49. The van der Waals surface area contributed by atoms with Gasteiger partial charge in [0.1, 0.15) is 5.75 Å². The lowest BCUT2D eigenvalue weighted by Crippen LogP contribution is -2.35. The van der Waals surface area contributed by atoms with Crippen molar-refractivity contribution < 1.29 is 9.53 Å². The average Bonchev–Trinajstić information content (AvgIpc) is 2.98. The van der Waals surface area contributed by atoms with Crippen molar-refractivity contribution in [2.24, 2.45) is 0 Å². The number of piperidine rings is 1. The van der Waals surface area contributed by atoms with Crippen LogP contribution in [0.15, 0.2) is 48.0 Å². The first kappa shape index (κ1) is 14.7. The Morgan fingerprint density at radius 1 is 1.00 bits per heavy atom. The van der Waals surface area contributed by atoms with Crippen LogP contribution in [0.5, 0.6) is 11.5 Å². The second kappa shape index (κ2) is 5.74. The molecule has 0 aliphatic carbocycles. The summed E-state index contributed by atoms with van der Waals surface area (Å²) >= 11 is 0. The normalized spacial score (nSPS) is 23.5. The Kier molecular flexibility index (Phi) is 3.38. The highest BCUT2D eigenvalue weighted by atomic mass is 16.5. The predicted octanol–water partition coefficient (Wildman–Crippen LogP) is 4.08. The third-order valence-corrected chi connectivity index (χ3v) is 5.54. The summed E-state index contributed by atoms with van der Waals surface area (Å²) in [6.07, 6.45) is 5.41. The highest BCUT2D eigenvalue weighted by molar-refractivity contribution is 5.93. The van der Waals surface area contributed by atoms with Crippen molar-refractivity contribution in [1.82, 2.24) is 5.32 Å². The van der Waals surface area contributed by atoms with Gasteiger partial charge in [-0.1, -0.05) is 35.9 Å². The minimum atomic E-state index is 0.594. The van der Waals surface area contributed by atoms with Gasteiger partial charge in [0, 0.05) is 23.2 Å². The molecular weight excluding hydrogens is 312 g/mol. The van der Waals surface area contributed by atoms with E-state index in [1.165, 1.54) is 24.0 Å². The number of ether oxygens (including phenoxy) is 1. The maximum absolute atomic E-state index is 11.0. The number of fused-ring (bicyclic) bond motifs is 4. The largest absolute Gasteiger partial charge is 0.454 e. The molecule has 5 rings (SSSR count). The predicted molar refractivity (Wildman–Crippen MR) is 97.8 cm³/mol. The number of amides is 1. The maximum Gasteiger partial charge on any atom is 0.211 e. The van der Waals surface area contributed by atoms with Gasteiger partial charge in [-0.3, -0.25) is 4.79 Å². The smallest absolute Gasteiger partial charge is 0.211 e. The number of benzene rings is 2. The molecule has 0 saturated carbocycles. The van der Waals surface area contributed by atoms with Crippen molar-refractivity contribution in [1.29, 1.82) is 0 Å². The van der Waals surface area contributed by atoms with Crippen molar-refractivity contribution in [3.05, 3.63) is 59.2 Å². The number of anilines is 1. The number of carbonyl (C=O) groups is 1. The number of rotatable bonds is 2. The third kappa shape index (κ3) is 2.36. The molecule has 2 fully saturated rings. The van der Waals surface area contributed by atoms with E-state index in [4.69, 9.17) is 4.74 Å². The summed E-state index contributed by atoms with van der Waals surface area (Å²) in [7, 11) is 0. The van der Waals surface area contributed by atoms with Gasteiger partial charge in [-0.25, -0.2) is 0 Å². The average molecular weight is 332 g/mol. The summed E-state index contributed by atoms with van der Waals surface area (Å²) in [5.74, 6) is 1.62. The van der Waals surface area contributed by atoms with Crippen LogP contribution in [-0.2, 0) is 4.79 Å². The van der Waals surface area contributed by atoms with E-state index in [2.05, 4.69) is 28.8 Å². The maximum atomic E-state index is 11.0. The van der Waals surface area contributed by atoms with Crippen LogP contribution in [0.4, 0.5) is 5.69 Å².